The lowest BCUT2D eigenvalue weighted by atomic mass is 10.1. The first-order chi connectivity index (χ1) is 9.36. The SMILES string of the molecule is CCc1ccc(CNc2nc[nH]c3cccc2-3)cc1. The summed E-state index contributed by atoms with van der Waals surface area (Å²) < 4.78 is 0. The molecule has 3 rings (SSSR count). The van der Waals surface area contributed by atoms with E-state index in [-0.39, 0.29) is 0 Å². The minimum Gasteiger partial charge on any atom is -0.365 e. The van der Waals surface area contributed by atoms with Gasteiger partial charge in [-0.2, -0.15) is 0 Å². The average molecular weight is 251 g/mol. The first-order valence-corrected chi connectivity index (χ1v) is 6.60. The van der Waals surface area contributed by atoms with Gasteiger partial charge in [0.05, 0.1) is 12.0 Å². The average Bonchev–Trinajstić information content (AvgIpc) is 2.94. The van der Waals surface area contributed by atoms with Crippen molar-refractivity contribution < 1.29 is 0 Å². The van der Waals surface area contributed by atoms with Crippen molar-refractivity contribution in [1.82, 2.24) is 9.97 Å². The number of hydrogen-bond acceptors (Lipinski definition) is 2. The Labute approximate surface area is 113 Å². The maximum atomic E-state index is 4.36. The van der Waals surface area contributed by atoms with E-state index in [1.54, 1.807) is 6.33 Å². The van der Waals surface area contributed by atoms with Gasteiger partial charge in [0.25, 0.3) is 0 Å². The van der Waals surface area contributed by atoms with Crippen molar-refractivity contribution >= 4 is 5.82 Å². The Bertz CT molecular complexity index is 625. The highest BCUT2D eigenvalue weighted by atomic mass is 15.0. The van der Waals surface area contributed by atoms with Gasteiger partial charge in [0, 0.05) is 12.1 Å². The Balaban J connectivity index is 1.73. The van der Waals surface area contributed by atoms with Crippen LogP contribution >= 0.6 is 0 Å². The predicted molar refractivity (Wildman–Crippen MR) is 78.4 cm³/mol. The van der Waals surface area contributed by atoms with E-state index < -0.39 is 0 Å². The maximum Gasteiger partial charge on any atom is 0.137 e. The molecule has 0 bridgehead atoms. The molecule has 1 aliphatic heterocycles. The summed E-state index contributed by atoms with van der Waals surface area (Å²) >= 11 is 0. The van der Waals surface area contributed by atoms with Gasteiger partial charge in [0.2, 0.25) is 0 Å². The van der Waals surface area contributed by atoms with Crippen LogP contribution in [-0.2, 0) is 13.0 Å². The molecule has 0 unspecified atom stereocenters. The van der Waals surface area contributed by atoms with Gasteiger partial charge >= 0.3 is 0 Å². The van der Waals surface area contributed by atoms with Gasteiger partial charge in [-0.25, -0.2) is 4.98 Å². The molecule has 96 valence electrons. The van der Waals surface area contributed by atoms with E-state index in [4.69, 9.17) is 0 Å². The van der Waals surface area contributed by atoms with Crippen molar-refractivity contribution in [3.63, 3.8) is 0 Å². The molecule has 0 saturated heterocycles. The van der Waals surface area contributed by atoms with Crippen LogP contribution < -0.4 is 5.32 Å². The molecule has 1 aliphatic carbocycles. The molecule has 3 nitrogen and oxygen atoms in total. The van der Waals surface area contributed by atoms with Crippen molar-refractivity contribution in [2.75, 3.05) is 5.32 Å². The topological polar surface area (TPSA) is 40.7 Å². The Morgan fingerprint density at radius 1 is 1.05 bits per heavy atom. The first-order valence-electron chi connectivity index (χ1n) is 6.60. The van der Waals surface area contributed by atoms with E-state index in [2.05, 4.69) is 58.6 Å². The smallest absolute Gasteiger partial charge is 0.137 e. The van der Waals surface area contributed by atoms with Gasteiger partial charge in [0.15, 0.2) is 0 Å². The molecule has 0 radical (unpaired) electrons. The fraction of sp³-hybridized carbons (Fsp3) is 0.188. The molecule has 1 aromatic rings. The number of rotatable bonds is 4. The lowest BCUT2D eigenvalue weighted by molar-refractivity contribution is 1.07. The molecule has 0 atom stereocenters. The number of benzene rings is 1. The number of anilines is 1. The molecule has 0 amide bonds. The number of H-pyrrole nitrogens is 1. The number of aryl methyl sites for hydroxylation is 1. The fourth-order valence-corrected chi connectivity index (χ4v) is 2.21. The Hall–Kier alpha value is -2.29. The summed E-state index contributed by atoms with van der Waals surface area (Å²) in [4.78, 5) is 7.49. The molecule has 3 heteroatoms. The highest BCUT2D eigenvalue weighted by Crippen LogP contribution is 2.26. The van der Waals surface area contributed by atoms with E-state index in [0.29, 0.717) is 0 Å². The van der Waals surface area contributed by atoms with Crippen LogP contribution in [0.15, 0.2) is 48.8 Å². The van der Waals surface area contributed by atoms with Gasteiger partial charge in [-0.15, -0.1) is 0 Å². The minimum atomic E-state index is 0.793. The summed E-state index contributed by atoms with van der Waals surface area (Å²) in [5.41, 5.74) is 4.88. The van der Waals surface area contributed by atoms with E-state index in [0.717, 1.165) is 30.0 Å². The van der Waals surface area contributed by atoms with Crippen LogP contribution in [0.5, 0.6) is 0 Å². The van der Waals surface area contributed by atoms with Crippen LogP contribution in [0.4, 0.5) is 5.82 Å². The molecule has 19 heavy (non-hydrogen) atoms. The lowest BCUT2D eigenvalue weighted by Gasteiger charge is -2.10. The zero-order chi connectivity index (χ0) is 13.1. The van der Waals surface area contributed by atoms with Gasteiger partial charge < -0.3 is 10.3 Å². The second-order valence-corrected chi connectivity index (χ2v) is 4.63. The predicted octanol–water partition coefficient (Wildman–Crippen LogP) is 3.69. The van der Waals surface area contributed by atoms with Gasteiger partial charge in [0.1, 0.15) is 5.82 Å². The molecular formula is C16H17N3. The summed E-state index contributed by atoms with van der Waals surface area (Å²) in [6.45, 7) is 2.96. The van der Waals surface area contributed by atoms with Gasteiger partial charge in [-0.3, -0.25) is 0 Å². The first kappa shape index (κ1) is 11.8. The Morgan fingerprint density at radius 2 is 1.84 bits per heavy atom. The van der Waals surface area contributed by atoms with Gasteiger partial charge in [-0.1, -0.05) is 37.3 Å². The molecule has 2 aliphatic rings. The molecule has 1 aromatic carbocycles. The normalized spacial score (nSPS) is 10.8. The standard InChI is InChI=1S/C16H17N3/c1-2-12-6-8-13(9-7-12)10-17-16-14-4-3-5-15(14)18-11-19-16/h3-9,11,17H,2,10H2,1H3,(H,18,19). The summed E-state index contributed by atoms with van der Waals surface area (Å²) in [6, 6.07) is 14.9. The highest BCUT2D eigenvalue weighted by molar-refractivity contribution is 5.74. The van der Waals surface area contributed by atoms with Crippen LogP contribution in [-0.4, -0.2) is 9.97 Å². The third-order valence-corrected chi connectivity index (χ3v) is 3.38. The van der Waals surface area contributed by atoms with E-state index >= 15 is 0 Å². The van der Waals surface area contributed by atoms with E-state index in [1.807, 2.05) is 6.07 Å². The number of nitrogens with one attached hydrogen (secondary N) is 2. The molecule has 1 heterocycles. The number of fused-ring (bicyclic) bond motifs is 1. The lowest BCUT2D eigenvalue weighted by Crippen LogP contribution is -2.03. The van der Waals surface area contributed by atoms with Crippen LogP contribution in [0.1, 0.15) is 18.1 Å². The van der Waals surface area contributed by atoms with Crippen LogP contribution in [0.2, 0.25) is 0 Å². The third-order valence-electron chi connectivity index (χ3n) is 3.38. The van der Waals surface area contributed by atoms with Crippen LogP contribution in [0.3, 0.4) is 0 Å². The quantitative estimate of drug-likeness (QED) is 0.742. The van der Waals surface area contributed by atoms with E-state index in [9.17, 15) is 0 Å². The monoisotopic (exact) mass is 251 g/mol. The van der Waals surface area contributed by atoms with Gasteiger partial charge in [-0.05, 0) is 29.7 Å². The van der Waals surface area contributed by atoms with E-state index in [1.165, 1.54) is 11.1 Å². The molecule has 0 saturated carbocycles. The third kappa shape index (κ3) is 2.45. The highest BCUT2D eigenvalue weighted by Gasteiger charge is 2.08. The summed E-state index contributed by atoms with van der Waals surface area (Å²) in [6.07, 6.45) is 2.81. The summed E-state index contributed by atoms with van der Waals surface area (Å²) in [5, 5.41) is 3.40. The maximum absolute atomic E-state index is 4.36. The fourth-order valence-electron chi connectivity index (χ4n) is 2.21. The molecular weight excluding hydrogens is 234 g/mol. The number of nitrogens with zero attached hydrogens (tertiary/aromatic N) is 1. The number of hydrogen-bond donors (Lipinski definition) is 2. The minimum absolute atomic E-state index is 0.793. The molecule has 0 spiro atoms. The summed E-state index contributed by atoms with van der Waals surface area (Å²) in [7, 11) is 0. The Morgan fingerprint density at radius 3 is 2.63 bits per heavy atom. The second-order valence-electron chi connectivity index (χ2n) is 4.63. The van der Waals surface area contributed by atoms with Crippen molar-refractivity contribution in [1.29, 1.82) is 0 Å². The van der Waals surface area contributed by atoms with Crippen molar-refractivity contribution in [3.05, 3.63) is 59.9 Å². The number of aromatic amines is 1. The van der Waals surface area contributed by atoms with Crippen molar-refractivity contribution in [2.24, 2.45) is 0 Å². The summed E-state index contributed by atoms with van der Waals surface area (Å²) in [5.74, 6) is 0.929. The van der Waals surface area contributed by atoms with Crippen LogP contribution in [0.25, 0.3) is 11.3 Å². The zero-order valence-electron chi connectivity index (χ0n) is 11.0. The largest absolute Gasteiger partial charge is 0.365 e. The molecule has 0 aromatic heterocycles. The van der Waals surface area contributed by atoms with Crippen molar-refractivity contribution in [3.8, 4) is 11.3 Å². The van der Waals surface area contributed by atoms with Crippen molar-refractivity contribution in [2.45, 2.75) is 19.9 Å². The second kappa shape index (κ2) is 5.14. The van der Waals surface area contributed by atoms with Crippen LogP contribution in [0, 0.1) is 0 Å². The zero-order valence-corrected chi connectivity index (χ0v) is 11.0. The molecule has 2 N–H and O–H groups in total. The number of aromatic nitrogens is 2. The molecule has 0 fully saturated rings. The Kier molecular flexibility index (Phi) is 3.19.